The first-order chi connectivity index (χ1) is 9.74. The normalized spacial score (nSPS) is 16.4. The number of benzene rings is 1. The second kappa shape index (κ2) is 6.19. The number of hydrogen-bond acceptors (Lipinski definition) is 3. The Morgan fingerprint density at radius 1 is 1.15 bits per heavy atom. The van der Waals surface area contributed by atoms with Crippen LogP contribution in [-0.2, 0) is 0 Å². The molecular formula is C16H19BrN2S. The maximum Gasteiger partial charge on any atom is 0.0702 e. The summed E-state index contributed by atoms with van der Waals surface area (Å²) in [5, 5.41) is 3.66. The predicted octanol–water partition coefficient (Wildman–Crippen LogP) is 5.28. The van der Waals surface area contributed by atoms with Crippen LogP contribution in [0.4, 0.5) is 11.4 Å². The zero-order valence-corrected chi connectivity index (χ0v) is 14.0. The highest BCUT2D eigenvalue weighted by atomic mass is 79.9. The topological polar surface area (TPSA) is 15.3 Å². The molecule has 1 saturated heterocycles. The summed E-state index contributed by atoms with van der Waals surface area (Å²) in [6, 6.07) is 13.3. The minimum Gasteiger partial charge on any atom is -0.376 e. The first kappa shape index (κ1) is 14.0. The maximum absolute atomic E-state index is 3.66. The lowest BCUT2D eigenvalue weighted by Crippen LogP contribution is -2.19. The van der Waals surface area contributed by atoms with E-state index in [1.807, 2.05) is 0 Å². The molecule has 1 aliphatic rings. The highest BCUT2D eigenvalue weighted by Crippen LogP contribution is 2.33. The summed E-state index contributed by atoms with van der Waals surface area (Å²) < 4.78 is 1.19. The van der Waals surface area contributed by atoms with Crippen molar-refractivity contribution in [2.75, 3.05) is 23.3 Å². The second-order valence-corrected chi connectivity index (χ2v) is 7.71. The fourth-order valence-corrected chi connectivity index (χ4v) is 4.12. The van der Waals surface area contributed by atoms with Crippen LogP contribution in [0.2, 0.25) is 0 Å². The van der Waals surface area contributed by atoms with Gasteiger partial charge in [-0.2, -0.15) is 0 Å². The van der Waals surface area contributed by atoms with Crippen molar-refractivity contribution in [3.05, 3.63) is 45.1 Å². The third-order valence-corrected chi connectivity index (χ3v) is 5.55. The van der Waals surface area contributed by atoms with Gasteiger partial charge >= 0.3 is 0 Å². The van der Waals surface area contributed by atoms with Gasteiger partial charge in [-0.25, -0.2) is 0 Å². The van der Waals surface area contributed by atoms with Crippen molar-refractivity contribution >= 4 is 38.6 Å². The van der Waals surface area contributed by atoms with Crippen LogP contribution in [-0.4, -0.2) is 13.1 Å². The fraction of sp³-hybridized carbons (Fsp3) is 0.375. The van der Waals surface area contributed by atoms with Gasteiger partial charge in [0, 0.05) is 18.0 Å². The molecule has 106 valence electrons. The molecule has 0 aliphatic carbocycles. The van der Waals surface area contributed by atoms with Crippen molar-refractivity contribution in [1.82, 2.24) is 0 Å². The van der Waals surface area contributed by atoms with E-state index in [2.05, 4.69) is 69.5 Å². The van der Waals surface area contributed by atoms with E-state index in [9.17, 15) is 0 Å². The molecular weight excluding hydrogens is 332 g/mol. The minimum absolute atomic E-state index is 0.329. The Bertz CT molecular complexity index is 575. The first-order valence-corrected chi connectivity index (χ1v) is 8.71. The number of rotatable bonds is 4. The number of para-hydroxylation sites is 2. The van der Waals surface area contributed by atoms with Crippen LogP contribution in [0, 0.1) is 0 Å². The Kier molecular flexibility index (Phi) is 4.32. The summed E-state index contributed by atoms with van der Waals surface area (Å²) in [6.07, 6.45) is 2.61. The monoisotopic (exact) mass is 350 g/mol. The predicted molar refractivity (Wildman–Crippen MR) is 91.9 cm³/mol. The molecule has 1 N–H and O–H groups in total. The number of nitrogens with zero attached hydrogens (tertiary/aromatic N) is 1. The summed E-state index contributed by atoms with van der Waals surface area (Å²) in [6.45, 7) is 4.58. The largest absolute Gasteiger partial charge is 0.376 e. The van der Waals surface area contributed by atoms with Crippen LogP contribution in [0.3, 0.4) is 0 Å². The van der Waals surface area contributed by atoms with Gasteiger partial charge < -0.3 is 10.2 Å². The number of anilines is 2. The molecule has 0 spiro atoms. The standard InChI is InChI=1S/C16H19BrN2S/c1-12(15-8-9-16(17)20-15)18-13-6-2-3-7-14(13)19-10-4-5-11-19/h2-3,6-9,12,18H,4-5,10-11H2,1H3. The van der Waals surface area contributed by atoms with Gasteiger partial charge in [-0.3, -0.25) is 0 Å². The van der Waals surface area contributed by atoms with Crippen LogP contribution in [0.5, 0.6) is 0 Å². The average molecular weight is 351 g/mol. The van der Waals surface area contributed by atoms with Crippen LogP contribution < -0.4 is 10.2 Å². The highest BCUT2D eigenvalue weighted by Gasteiger charge is 2.17. The lowest BCUT2D eigenvalue weighted by molar-refractivity contribution is 0.898. The van der Waals surface area contributed by atoms with Gasteiger partial charge in [0.25, 0.3) is 0 Å². The van der Waals surface area contributed by atoms with Gasteiger partial charge in [0.15, 0.2) is 0 Å². The maximum atomic E-state index is 3.66. The molecule has 1 aromatic heterocycles. The Balaban J connectivity index is 1.79. The molecule has 20 heavy (non-hydrogen) atoms. The van der Waals surface area contributed by atoms with Crippen LogP contribution in [0.25, 0.3) is 0 Å². The number of thiophene rings is 1. The molecule has 0 radical (unpaired) electrons. The minimum atomic E-state index is 0.329. The van der Waals surface area contributed by atoms with Crippen molar-refractivity contribution in [3.8, 4) is 0 Å². The van der Waals surface area contributed by atoms with Gasteiger partial charge in [-0.15, -0.1) is 11.3 Å². The van der Waals surface area contributed by atoms with Gasteiger partial charge in [0.2, 0.25) is 0 Å². The van der Waals surface area contributed by atoms with E-state index in [4.69, 9.17) is 0 Å². The van der Waals surface area contributed by atoms with Gasteiger partial charge in [-0.05, 0) is 60.0 Å². The van der Waals surface area contributed by atoms with E-state index < -0.39 is 0 Å². The molecule has 1 aromatic carbocycles. The van der Waals surface area contributed by atoms with Crippen molar-refractivity contribution in [3.63, 3.8) is 0 Å². The second-order valence-electron chi connectivity index (χ2n) is 5.22. The average Bonchev–Trinajstić information content (AvgIpc) is 3.10. The van der Waals surface area contributed by atoms with E-state index in [-0.39, 0.29) is 0 Å². The smallest absolute Gasteiger partial charge is 0.0702 e. The van der Waals surface area contributed by atoms with Gasteiger partial charge in [0.1, 0.15) is 0 Å². The number of hydrogen-bond donors (Lipinski definition) is 1. The van der Waals surface area contributed by atoms with Crippen LogP contribution in [0.1, 0.15) is 30.7 Å². The van der Waals surface area contributed by atoms with E-state index in [1.54, 1.807) is 11.3 Å². The summed E-state index contributed by atoms with van der Waals surface area (Å²) >= 11 is 5.33. The zero-order chi connectivity index (χ0) is 13.9. The van der Waals surface area contributed by atoms with Gasteiger partial charge in [-0.1, -0.05) is 12.1 Å². The molecule has 0 amide bonds. The number of halogens is 1. The molecule has 1 unspecified atom stereocenters. The highest BCUT2D eigenvalue weighted by molar-refractivity contribution is 9.11. The molecule has 2 heterocycles. The number of nitrogens with one attached hydrogen (secondary N) is 1. The van der Waals surface area contributed by atoms with E-state index in [1.165, 1.54) is 46.0 Å². The molecule has 0 saturated carbocycles. The summed E-state index contributed by atoms with van der Waals surface area (Å²) in [5.41, 5.74) is 2.58. The molecule has 0 bridgehead atoms. The Morgan fingerprint density at radius 2 is 1.90 bits per heavy atom. The molecule has 2 nitrogen and oxygen atoms in total. The third-order valence-electron chi connectivity index (χ3n) is 3.74. The molecule has 1 atom stereocenters. The quantitative estimate of drug-likeness (QED) is 0.806. The van der Waals surface area contributed by atoms with Gasteiger partial charge in [0.05, 0.1) is 21.2 Å². The SMILES string of the molecule is CC(Nc1ccccc1N1CCCC1)c1ccc(Br)s1. The lowest BCUT2D eigenvalue weighted by Gasteiger charge is -2.24. The molecule has 1 fully saturated rings. The first-order valence-electron chi connectivity index (χ1n) is 7.10. The van der Waals surface area contributed by atoms with Crippen molar-refractivity contribution in [1.29, 1.82) is 0 Å². The molecule has 2 aromatic rings. The van der Waals surface area contributed by atoms with Crippen molar-refractivity contribution in [2.45, 2.75) is 25.8 Å². The van der Waals surface area contributed by atoms with E-state index >= 15 is 0 Å². The van der Waals surface area contributed by atoms with Crippen LogP contribution in [0.15, 0.2) is 40.2 Å². The summed E-state index contributed by atoms with van der Waals surface area (Å²) in [7, 11) is 0. The van der Waals surface area contributed by atoms with E-state index in [0.29, 0.717) is 6.04 Å². The Morgan fingerprint density at radius 3 is 2.60 bits per heavy atom. The third kappa shape index (κ3) is 3.01. The lowest BCUT2D eigenvalue weighted by atomic mass is 10.2. The zero-order valence-electron chi connectivity index (χ0n) is 11.6. The Hall–Kier alpha value is -1.000. The van der Waals surface area contributed by atoms with Crippen LogP contribution >= 0.6 is 27.3 Å². The molecule has 1 aliphatic heterocycles. The summed E-state index contributed by atoms with van der Waals surface area (Å²) in [5.74, 6) is 0. The van der Waals surface area contributed by atoms with E-state index in [0.717, 1.165) is 0 Å². The molecule has 3 rings (SSSR count). The van der Waals surface area contributed by atoms with Crippen molar-refractivity contribution < 1.29 is 0 Å². The fourth-order valence-electron chi connectivity index (χ4n) is 2.69. The Labute approximate surface area is 132 Å². The van der Waals surface area contributed by atoms with Crippen molar-refractivity contribution in [2.24, 2.45) is 0 Å². The summed E-state index contributed by atoms with van der Waals surface area (Å²) in [4.78, 5) is 3.84. The molecule has 4 heteroatoms.